The summed E-state index contributed by atoms with van der Waals surface area (Å²) in [5.41, 5.74) is 1.46. The van der Waals surface area contributed by atoms with E-state index in [9.17, 15) is 0 Å². The number of benzene rings is 1. The zero-order chi connectivity index (χ0) is 12.4. The summed E-state index contributed by atoms with van der Waals surface area (Å²) in [5, 5.41) is 3.62. The average molecular weight is 245 g/mol. The predicted molar refractivity (Wildman–Crippen MR) is 74.1 cm³/mol. The van der Waals surface area contributed by atoms with Crippen LogP contribution < -0.4 is 10.1 Å². The number of ether oxygens (including phenoxy) is 1. The van der Waals surface area contributed by atoms with Crippen molar-refractivity contribution in [2.75, 3.05) is 6.54 Å². The first-order valence-electron chi connectivity index (χ1n) is 7.37. The molecule has 2 fully saturated rings. The van der Waals surface area contributed by atoms with E-state index in [1.54, 1.807) is 0 Å². The van der Waals surface area contributed by atoms with Crippen molar-refractivity contribution in [3.8, 4) is 5.75 Å². The normalized spacial score (nSPS) is 27.4. The highest BCUT2D eigenvalue weighted by molar-refractivity contribution is 5.32. The third-order valence-corrected chi connectivity index (χ3v) is 4.10. The summed E-state index contributed by atoms with van der Waals surface area (Å²) in [6.45, 7) is 3.27. The van der Waals surface area contributed by atoms with Gasteiger partial charge >= 0.3 is 0 Å². The van der Waals surface area contributed by atoms with Crippen LogP contribution in [0.5, 0.6) is 5.75 Å². The Bertz CT molecular complexity index is 400. The molecule has 0 heterocycles. The first-order valence-corrected chi connectivity index (χ1v) is 7.37. The molecule has 0 amide bonds. The highest BCUT2D eigenvalue weighted by atomic mass is 16.5. The van der Waals surface area contributed by atoms with Crippen molar-refractivity contribution in [2.24, 2.45) is 0 Å². The summed E-state index contributed by atoms with van der Waals surface area (Å²) in [5.74, 6) is 1.74. The van der Waals surface area contributed by atoms with Crippen LogP contribution in [-0.4, -0.2) is 18.7 Å². The lowest BCUT2D eigenvalue weighted by atomic mass is 9.94. The molecule has 2 aliphatic rings. The fourth-order valence-corrected chi connectivity index (χ4v) is 3.06. The molecule has 1 aromatic rings. The molecule has 2 saturated carbocycles. The van der Waals surface area contributed by atoms with E-state index in [0.29, 0.717) is 18.1 Å². The summed E-state index contributed by atoms with van der Waals surface area (Å²) in [6, 6.07) is 9.43. The van der Waals surface area contributed by atoms with Crippen molar-refractivity contribution in [3.63, 3.8) is 0 Å². The van der Waals surface area contributed by atoms with Gasteiger partial charge in [0.2, 0.25) is 0 Å². The van der Waals surface area contributed by atoms with E-state index >= 15 is 0 Å². The van der Waals surface area contributed by atoms with E-state index in [1.165, 1.54) is 37.7 Å². The largest absolute Gasteiger partial charge is 0.490 e. The smallest absolute Gasteiger partial charge is 0.120 e. The zero-order valence-electron chi connectivity index (χ0n) is 11.2. The van der Waals surface area contributed by atoms with Gasteiger partial charge in [0, 0.05) is 6.04 Å². The van der Waals surface area contributed by atoms with Gasteiger partial charge in [-0.3, -0.25) is 0 Å². The molecule has 2 atom stereocenters. The molecule has 3 rings (SSSR count). The molecule has 0 saturated heterocycles. The Balaban J connectivity index is 1.73. The van der Waals surface area contributed by atoms with Crippen LogP contribution in [0, 0.1) is 0 Å². The molecule has 0 aromatic heterocycles. The van der Waals surface area contributed by atoms with E-state index in [1.807, 2.05) is 0 Å². The van der Waals surface area contributed by atoms with Gasteiger partial charge in [0.25, 0.3) is 0 Å². The van der Waals surface area contributed by atoms with Crippen LogP contribution in [0.25, 0.3) is 0 Å². The predicted octanol–water partition coefficient (Wildman–Crippen LogP) is 3.47. The average Bonchev–Trinajstić information content (AvgIpc) is 3.07. The van der Waals surface area contributed by atoms with Gasteiger partial charge in [-0.05, 0) is 55.8 Å². The molecule has 98 valence electrons. The molecule has 0 bridgehead atoms. The third kappa shape index (κ3) is 2.69. The quantitative estimate of drug-likeness (QED) is 0.857. The van der Waals surface area contributed by atoms with Crippen molar-refractivity contribution >= 4 is 0 Å². The molecule has 1 aromatic carbocycles. The van der Waals surface area contributed by atoms with E-state index in [0.717, 1.165) is 12.3 Å². The number of hydrogen-bond acceptors (Lipinski definition) is 2. The maximum Gasteiger partial charge on any atom is 0.120 e. The lowest BCUT2D eigenvalue weighted by molar-refractivity contribution is 0.302. The van der Waals surface area contributed by atoms with Gasteiger partial charge in [0.05, 0.1) is 6.10 Å². The standard InChI is InChI=1S/C16H23NO/c1-2-17-16-8-4-7-15(16)12-5-3-6-14(11-12)18-13-9-10-13/h3,5-6,11,13,15-17H,2,4,7-10H2,1H3. The maximum absolute atomic E-state index is 5.90. The molecule has 2 heteroatoms. The Kier molecular flexibility index (Phi) is 3.55. The van der Waals surface area contributed by atoms with Crippen LogP contribution in [0.4, 0.5) is 0 Å². The van der Waals surface area contributed by atoms with Crippen molar-refractivity contribution in [3.05, 3.63) is 29.8 Å². The van der Waals surface area contributed by atoms with E-state index in [-0.39, 0.29) is 0 Å². The van der Waals surface area contributed by atoms with Gasteiger partial charge in [0.15, 0.2) is 0 Å². The minimum Gasteiger partial charge on any atom is -0.490 e. The highest BCUT2D eigenvalue weighted by Gasteiger charge is 2.28. The Morgan fingerprint density at radius 3 is 2.89 bits per heavy atom. The van der Waals surface area contributed by atoms with Gasteiger partial charge in [-0.2, -0.15) is 0 Å². The molecule has 2 nitrogen and oxygen atoms in total. The summed E-state index contributed by atoms with van der Waals surface area (Å²) in [4.78, 5) is 0. The molecule has 2 aliphatic carbocycles. The molecule has 0 radical (unpaired) electrons. The van der Waals surface area contributed by atoms with Crippen LogP contribution in [-0.2, 0) is 0 Å². The van der Waals surface area contributed by atoms with Crippen LogP contribution in [0.2, 0.25) is 0 Å². The number of hydrogen-bond donors (Lipinski definition) is 1. The Labute approximate surface area is 110 Å². The van der Waals surface area contributed by atoms with Gasteiger partial charge < -0.3 is 10.1 Å². The second-order valence-corrected chi connectivity index (χ2v) is 5.59. The minimum atomic E-state index is 0.494. The fourth-order valence-electron chi connectivity index (χ4n) is 3.06. The summed E-state index contributed by atoms with van der Waals surface area (Å²) >= 11 is 0. The highest BCUT2D eigenvalue weighted by Crippen LogP contribution is 2.36. The Morgan fingerprint density at radius 2 is 2.11 bits per heavy atom. The van der Waals surface area contributed by atoms with Crippen molar-refractivity contribution < 1.29 is 4.74 Å². The van der Waals surface area contributed by atoms with Crippen LogP contribution in [0.15, 0.2) is 24.3 Å². The van der Waals surface area contributed by atoms with Gasteiger partial charge in [-0.1, -0.05) is 25.5 Å². The van der Waals surface area contributed by atoms with Crippen LogP contribution in [0.3, 0.4) is 0 Å². The Hall–Kier alpha value is -1.02. The first-order chi connectivity index (χ1) is 8.86. The monoisotopic (exact) mass is 245 g/mol. The zero-order valence-corrected chi connectivity index (χ0v) is 11.2. The number of rotatable bonds is 5. The molecule has 18 heavy (non-hydrogen) atoms. The topological polar surface area (TPSA) is 21.3 Å². The SMILES string of the molecule is CCNC1CCCC1c1cccc(OC2CC2)c1. The van der Waals surface area contributed by atoms with E-state index in [4.69, 9.17) is 4.74 Å². The van der Waals surface area contributed by atoms with Crippen LogP contribution >= 0.6 is 0 Å². The molecule has 0 spiro atoms. The lowest BCUT2D eigenvalue weighted by Gasteiger charge is -2.21. The summed E-state index contributed by atoms with van der Waals surface area (Å²) in [6.07, 6.45) is 6.92. The van der Waals surface area contributed by atoms with E-state index < -0.39 is 0 Å². The lowest BCUT2D eigenvalue weighted by Crippen LogP contribution is -2.30. The number of likely N-dealkylation sites (N-methyl/N-ethyl adjacent to an activating group) is 1. The van der Waals surface area contributed by atoms with Gasteiger partial charge in [-0.25, -0.2) is 0 Å². The summed E-state index contributed by atoms with van der Waals surface area (Å²) in [7, 11) is 0. The van der Waals surface area contributed by atoms with E-state index in [2.05, 4.69) is 36.5 Å². The summed E-state index contributed by atoms with van der Waals surface area (Å²) < 4.78 is 5.90. The van der Waals surface area contributed by atoms with Crippen LogP contribution in [0.1, 0.15) is 50.5 Å². The molecule has 0 aliphatic heterocycles. The molecular formula is C16H23NO. The molecule has 2 unspecified atom stereocenters. The third-order valence-electron chi connectivity index (χ3n) is 4.10. The van der Waals surface area contributed by atoms with Crippen molar-refractivity contribution in [1.82, 2.24) is 5.32 Å². The van der Waals surface area contributed by atoms with Crippen molar-refractivity contribution in [1.29, 1.82) is 0 Å². The molecular weight excluding hydrogens is 222 g/mol. The first kappa shape index (κ1) is 12.0. The number of nitrogens with one attached hydrogen (secondary N) is 1. The Morgan fingerprint density at radius 1 is 1.22 bits per heavy atom. The molecule has 1 N–H and O–H groups in total. The van der Waals surface area contributed by atoms with Gasteiger partial charge in [-0.15, -0.1) is 0 Å². The van der Waals surface area contributed by atoms with Crippen molar-refractivity contribution in [2.45, 2.75) is 57.1 Å². The van der Waals surface area contributed by atoms with Gasteiger partial charge in [0.1, 0.15) is 5.75 Å². The second kappa shape index (κ2) is 5.31. The maximum atomic E-state index is 5.90. The second-order valence-electron chi connectivity index (χ2n) is 5.59. The fraction of sp³-hybridized carbons (Fsp3) is 0.625. The minimum absolute atomic E-state index is 0.494.